The van der Waals surface area contributed by atoms with Crippen LogP contribution < -0.4 is 15.8 Å². The Hall–Kier alpha value is -2.33. The van der Waals surface area contributed by atoms with E-state index in [9.17, 15) is 4.79 Å². The highest BCUT2D eigenvalue weighted by molar-refractivity contribution is 5.81. The van der Waals surface area contributed by atoms with Crippen LogP contribution in [0.5, 0.6) is 5.75 Å². The highest BCUT2D eigenvalue weighted by Gasteiger charge is 2.22. The zero-order valence-corrected chi connectivity index (χ0v) is 13.8. The van der Waals surface area contributed by atoms with Gasteiger partial charge < -0.3 is 10.5 Å². The van der Waals surface area contributed by atoms with Crippen LogP contribution in [0.25, 0.3) is 0 Å². The number of hydrogen-bond donors (Lipinski definition) is 2. The molecule has 0 saturated carbocycles. The highest BCUT2D eigenvalue weighted by atomic mass is 16.5. The van der Waals surface area contributed by atoms with Crippen molar-refractivity contribution in [2.45, 2.75) is 39.0 Å². The summed E-state index contributed by atoms with van der Waals surface area (Å²) >= 11 is 0. The summed E-state index contributed by atoms with van der Waals surface area (Å²) < 4.78 is 5.86. The van der Waals surface area contributed by atoms with Crippen LogP contribution in [0.4, 0.5) is 0 Å². The Morgan fingerprint density at radius 3 is 2.22 bits per heavy atom. The summed E-state index contributed by atoms with van der Waals surface area (Å²) in [6.45, 7) is 5.98. The Bertz CT molecular complexity index is 641. The van der Waals surface area contributed by atoms with E-state index in [1.54, 1.807) is 0 Å². The Labute approximate surface area is 137 Å². The average molecular weight is 312 g/mol. The van der Waals surface area contributed by atoms with Crippen molar-refractivity contribution in [3.63, 3.8) is 0 Å². The lowest BCUT2D eigenvalue weighted by Gasteiger charge is -2.24. The molecule has 0 saturated heterocycles. The predicted octanol–water partition coefficient (Wildman–Crippen LogP) is 3.35. The molecule has 0 aromatic heterocycles. The van der Waals surface area contributed by atoms with Crippen LogP contribution in [0.1, 0.15) is 44.0 Å². The van der Waals surface area contributed by atoms with Crippen molar-refractivity contribution < 1.29 is 9.53 Å². The molecule has 0 aliphatic rings. The molecule has 4 nitrogen and oxygen atoms in total. The minimum atomic E-state index is -0.543. The quantitative estimate of drug-likeness (QED) is 0.824. The zero-order chi connectivity index (χ0) is 16.8. The van der Waals surface area contributed by atoms with Gasteiger partial charge in [0.15, 0.2) is 0 Å². The van der Waals surface area contributed by atoms with E-state index in [2.05, 4.69) is 5.32 Å². The maximum Gasteiger partial charge on any atom is 0.239 e. The second kappa shape index (κ2) is 7.79. The third kappa shape index (κ3) is 4.57. The first-order valence-electron chi connectivity index (χ1n) is 7.85. The first-order valence-corrected chi connectivity index (χ1v) is 7.85. The first kappa shape index (κ1) is 17.0. The van der Waals surface area contributed by atoms with Gasteiger partial charge in [-0.15, -0.1) is 0 Å². The van der Waals surface area contributed by atoms with E-state index < -0.39 is 11.9 Å². The third-order valence-corrected chi connectivity index (χ3v) is 3.58. The van der Waals surface area contributed by atoms with Crippen molar-refractivity contribution in [3.8, 4) is 5.75 Å². The van der Waals surface area contributed by atoms with Crippen LogP contribution >= 0.6 is 0 Å². The second-order valence-electron chi connectivity index (χ2n) is 5.84. The minimum Gasteiger partial charge on any atom is -0.491 e. The lowest BCUT2D eigenvalue weighted by molar-refractivity contribution is -0.120. The molecule has 4 heteroatoms. The summed E-state index contributed by atoms with van der Waals surface area (Å²) in [6, 6.07) is 16.7. The fraction of sp³-hybridized carbons (Fsp3) is 0.316. The van der Waals surface area contributed by atoms with Gasteiger partial charge in [-0.25, -0.2) is 0 Å². The van der Waals surface area contributed by atoms with E-state index in [0.717, 1.165) is 16.9 Å². The van der Waals surface area contributed by atoms with Gasteiger partial charge in [-0.1, -0.05) is 48.5 Å². The summed E-state index contributed by atoms with van der Waals surface area (Å²) in [5.74, 6) is 0.420. The Morgan fingerprint density at radius 1 is 1.00 bits per heavy atom. The molecule has 2 rings (SSSR count). The third-order valence-electron chi connectivity index (χ3n) is 3.58. The van der Waals surface area contributed by atoms with Crippen LogP contribution in [0.3, 0.4) is 0 Å². The lowest BCUT2D eigenvalue weighted by atomic mass is 10.0. The minimum absolute atomic E-state index is 0.0809. The number of carbonyl (C=O) groups excluding carboxylic acids is 1. The summed E-state index contributed by atoms with van der Waals surface area (Å²) in [5.41, 5.74) is 7.44. The fourth-order valence-corrected chi connectivity index (χ4v) is 2.53. The molecule has 1 amide bonds. The normalized spacial score (nSPS) is 13.6. The largest absolute Gasteiger partial charge is 0.491 e. The molecular weight excluding hydrogens is 288 g/mol. The topological polar surface area (TPSA) is 64.3 Å². The van der Waals surface area contributed by atoms with E-state index in [1.165, 1.54) is 0 Å². The molecule has 0 radical (unpaired) electrons. The number of benzene rings is 2. The van der Waals surface area contributed by atoms with Crippen molar-refractivity contribution in [1.29, 1.82) is 0 Å². The Balaban J connectivity index is 2.23. The molecule has 23 heavy (non-hydrogen) atoms. The van der Waals surface area contributed by atoms with Gasteiger partial charge in [-0.05, 0) is 32.4 Å². The van der Waals surface area contributed by atoms with E-state index in [-0.39, 0.29) is 12.1 Å². The van der Waals surface area contributed by atoms with Crippen molar-refractivity contribution in [2.24, 2.45) is 5.73 Å². The molecule has 3 N–H and O–H groups in total. The molecule has 0 unspecified atom stereocenters. The highest BCUT2D eigenvalue weighted by Crippen LogP contribution is 2.28. The van der Waals surface area contributed by atoms with Crippen molar-refractivity contribution in [1.82, 2.24) is 5.32 Å². The van der Waals surface area contributed by atoms with Crippen molar-refractivity contribution in [3.05, 3.63) is 65.7 Å². The monoisotopic (exact) mass is 312 g/mol. The summed E-state index contributed by atoms with van der Waals surface area (Å²) in [7, 11) is 0. The molecule has 122 valence electrons. The van der Waals surface area contributed by atoms with Gasteiger partial charge in [0, 0.05) is 11.6 Å². The zero-order valence-electron chi connectivity index (χ0n) is 13.8. The Morgan fingerprint density at radius 2 is 1.61 bits per heavy atom. The molecule has 0 bridgehead atoms. The Kier molecular flexibility index (Phi) is 5.77. The molecule has 0 aliphatic carbocycles. The number of amides is 1. The lowest BCUT2D eigenvalue weighted by Crippen LogP contribution is -2.35. The van der Waals surface area contributed by atoms with Crippen molar-refractivity contribution in [2.75, 3.05) is 0 Å². The fourth-order valence-electron chi connectivity index (χ4n) is 2.53. The van der Waals surface area contributed by atoms with Gasteiger partial charge in [0.2, 0.25) is 5.91 Å². The summed E-state index contributed by atoms with van der Waals surface area (Å²) in [5, 5.41) is 3.31. The smallest absolute Gasteiger partial charge is 0.239 e. The predicted molar refractivity (Wildman–Crippen MR) is 92.1 cm³/mol. The molecule has 0 aliphatic heterocycles. The van der Waals surface area contributed by atoms with Crippen LogP contribution in [0, 0.1) is 0 Å². The molecule has 0 spiro atoms. The second-order valence-corrected chi connectivity index (χ2v) is 5.84. The SMILES string of the molecule is CC(C)Oc1ccccc1[C@@H](C)N[C@H](C(N)=O)c1ccccc1. The molecular formula is C19H24N2O2. The number of nitrogens with one attached hydrogen (secondary N) is 1. The van der Waals surface area contributed by atoms with Gasteiger partial charge in [0.05, 0.1) is 6.10 Å². The number of para-hydroxylation sites is 1. The van der Waals surface area contributed by atoms with Crippen LogP contribution in [-0.4, -0.2) is 12.0 Å². The number of ether oxygens (including phenoxy) is 1. The molecule has 2 atom stereocenters. The number of hydrogen-bond acceptors (Lipinski definition) is 3. The van der Waals surface area contributed by atoms with Crippen LogP contribution in [-0.2, 0) is 4.79 Å². The number of nitrogens with two attached hydrogens (primary N) is 1. The number of primary amides is 1. The van der Waals surface area contributed by atoms with Gasteiger partial charge in [-0.3, -0.25) is 10.1 Å². The summed E-state index contributed by atoms with van der Waals surface area (Å²) in [4.78, 5) is 11.9. The van der Waals surface area contributed by atoms with Gasteiger partial charge >= 0.3 is 0 Å². The molecule has 2 aromatic rings. The summed E-state index contributed by atoms with van der Waals surface area (Å²) in [6.07, 6.45) is 0.0874. The maximum atomic E-state index is 11.9. The first-order chi connectivity index (χ1) is 11.0. The average Bonchev–Trinajstić information content (AvgIpc) is 2.53. The van der Waals surface area contributed by atoms with E-state index in [0.29, 0.717) is 0 Å². The molecule has 0 fully saturated rings. The maximum absolute atomic E-state index is 11.9. The van der Waals surface area contributed by atoms with Gasteiger partial charge in [0.1, 0.15) is 11.8 Å². The van der Waals surface area contributed by atoms with E-state index in [4.69, 9.17) is 10.5 Å². The van der Waals surface area contributed by atoms with E-state index >= 15 is 0 Å². The van der Waals surface area contributed by atoms with E-state index in [1.807, 2.05) is 75.4 Å². The molecule has 2 aromatic carbocycles. The molecule has 0 heterocycles. The van der Waals surface area contributed by atoms with Gasteiger partial charge in [0.25, 0.3) is 0 Å². The van der Waals surface area contributed by atoms with Crippen LogP contribution in [0.15, 0.2) is 54.6 Å². The standard InChI is InChI=1S/C19H24N2O2/c1-13(2)23-17-12-8-7-11-16(17)14(3)21-18(19(20)22)15-9-5-4-6-10-15/h4-14,18,21H,1-3H3,(H2,20,22)/t14-,18+/m1/s1. The number of carbonyl (C=O) groups is 1. The van der Waals surface area contributed by atoms with Crippen LogP contribution in [0.2, 0.25) is 0 Å². The van der Waals surface area contributed by atoms with Gasteiger partial charge in [-0.2, -0.15) is 0 Å². The number of rotatable bonds is 7. The van der Waals surface area contributed by atoms with Crippen molar-refractivity contribution >= 4 is 5.91 Å².